The lowest BCUT2D eigenvalue weighted by Gasteiger charge is -2.25. The second-order valence-corrected chi connectivity index (χ2v) is 5.42. The fourth-order valence-corrected chi connectivity index (χ4v) is 2.63. The molecule has 1 atom stereocenters. The van der Waals surface area contributed by atoms with Gasteiger partial charge in [0.15, 0.2) is 0 Å². The lowest BCUT2D eigenvalue weighted by atomic mass is 10.1. The number of hydrogen-bond donors (Lipinski definition) is 1. The van der Waals surface area contributed by atoms with Crippen LogP contribution in [0.25, 0.3) is 0 Å². The summed E-state index contributed by atoms with van der Waals surface area (Å²) >= 11 is 0. The van der Waals surface area contributed by atoms with E-state index in [2.05, 4.69) is 10.2 Å². The molecule has 0 aliphatic carbocycles. The molecule has 1 heterocycles. The molecule has 0 unspecified atom stereocenters. The van der Waals surface area contributed by atoms with Crippen LogP contribution in [0.5, 0.6) is 0 Å². The summed E-state index contributed by atoms with van der Waals surface area (Å²) in [5.74, 6) is -0.340. The Morgan fingerprint density at radius 3 is 2.86 bits per heavy atom. The Labute approximate surface area is 123 Å². The molecule has 1 aliphatic rings. The van der Waals surface area contributed by atoms with Gasteiger partial charge in [0.2, 0.25) is 5.91 Å². The van der Waals surface area contributed by atoms with Crippen LogP contribution in [0.15, 0.2) is 48.5 Å². The second-order valence-electron chi connectivity index (χ2n) is 5.42. The quantitative estimate of drug-likeness (QED) is 0.916. The third-order valence-electron chi connectivity index (χ3n) is 3.71. The Morgan fingerprint density at radius 2 is 2.05 bits per heavy atom. The van der Waals surface area contributed by atoms with E-state index in [0.717, 1.165) is 16.9 Å². The summed E-state index contributed by atoms with van der Waals surface area (Å²) in [5.41, 5.74) is 2.68. The van der Waals surface area contributed by atoms with Crippen LogP contribution in [0, 0.1) is 11.7 Å². The number of hydrogen-bond acceptors (Lipinski definition) is 2. The monoisotopic (exact) mass is 284 g/mol. The zero-order valence-corrected chi connectivity index (χ0v) is 11.8. The lowest BCUT2D eigenvalue weighted by Crippen LogP contribution is -2.30. The minimum Gasteiger partial charge on any atom is -0.365 e. The van der Waals surface area contributed by atoms with Gasteiger partial charge in [-0.3, -0.25) is 4.79 Å². The molecule has 0 saturated carbocycles. The van der Waals surface area contributed by atoms with Crippen LogP contribution in [0.3, 0.4) is 0 Å². The number of nitrogens with one attached hydrogen (secondary N) is 1. The van der Waals surface area contributed by atoms with Crippen LogP contribution in [0.4, 0.5) is 15.8 Å². The van der Waals surface area contributed by atoms with Crippen molar-refractivity contribution in [1.82, 2.24) is 0 Å². The maximum Gasteiger partial charge on any atom is 0.229 e. The van der Waals surface area contributed by atoms with Crippen molar-refractivity contribution in [3.63, 3.8) is 0 Å². The van der Waals surface area contributed by atoms with E-state index in [-0.39, 0.29) is 17.6 Å². The lowest BCUT2D eigenvalue weighted by molar-refractivity contribution is -0.119. The zero-order chi connectivity index (χ0) is 14.8. The Balaban J connectivity index is 1.94. The largest absolute Gasteiger partial charge is 0.365 e. The van der Waals surface area contributed by atoms with E-state index >= 15 is 0 Å². The maximum atomic E-state index is 13.4. The predicted molar refractivity (Wildman–Crippen MR) is 81.7 cm³/mol. The zero-order valence-electron chi connectivity index (χ0n) is 11.8. The van der Waals surface area contributed by atoms with Crippen molar-refractivity contribution in [1.29, 1.82) is 0 Å². The molecule has 1 amide bonds. The van der Waals surface area contributed by atoms with Crippen molar-refractivity contribution < 1.29 is 9.18 Å². The molecule has 3 rings (SSSR count). The van der Waals surface area contributed by atoms with Gasteiger partial charge >= 0.3 is 0 Å². The fraction of sp³-hybridized carbons (Fsp3) is 0.235. The number of para-hydroxylation sites is 2. The molecule has 1 N–H and O–H groups in total. The smallest absolute Gasteiger partial charge is 0.229 e. The summed E-state index contributed by atoms with van der Waals surface area (Å²) in [5, 5.41) is 2.94. The van der Waals surface area contributed by atoms with Gasteiger partial charge in [0.1, 0.15) is 5.82 Å². The van der Waals surface area contributed by atoms with Crippen molar-refractivity contribution in [2.45, 2.75) is 13.5 Å². The average Bonchev–Trinajstić information content (AvgIpc) is 2.57. The van der Waals surface area contributed by atoms with Gasteiger partial charge in [-0.25, -0.2) is 4.39 Å². The molecule has 1 aliphatic heterocycles. The van der Waals surface area contributed by atoms with E-state index in [1.807, 2.05) is 37.3 Å². The second kappa shape index (κ2) is 5.56. The standard InChI is InChI=1S/C17H17FN2O/c1-12-10-20(11-13-5-4-6-14(18)9-13)16-8-3-2-7-15(16)19-17(12)21/h2-9,12H,10-11H2,1H3,(H,19,21)/t12-/m0/s1. The summed E-state index contributed by atoms with van der Waals surface area (Å²) in [7, 11) is 0. The molecule has 108 valence electrons. The number of carbonyl (C=O) groups is 1. The molecular formula is C17H17FN2O. The van der Waals surface area contributed by atoms with E-state index < -0.39 is 0 Å². The normalized spacial score (nSPS) is 17.9. The van der Waals surface area contributed by atoms with Gasteiger partial charge in [-0.05, 0) is 29.8 Å². The number of benzene rings is 2. The summed E-state index contributed by atoms with van der Waals surface area (Å²) in [4.78, 5) is 14.1. The number of halogens is 1. The highest BCUT2D eigenvalue weighted by molar-refractivity contribution is 5.97. The van der Waals surface area contributed by atoms with Crippen molar-refractivity contribution in [2.24, 2.45) is 5.92 Å². The van der Waals surface area contributed by atoms with E-state index in [1.54, 1.807) is 6.07 Å². The van der Waals surface area contributed by atoms with Crippen molar-refractivity contribution >= 4 is 17.3 Å². The highest BCUT2D eigenvalue weighted by atomic mass is 19.1. The van der Waals surface area contributed by atoms with Gasteiger partial charge in [0.05, 0.1) is 17.3 Å². The molecule has 0 radical (unpaired) electrons. The number of nitrogens with zero attached hydrogens (tertiary/aromatic N) is 1. The Kier molecular flexibility index (Phi) is 3.60. The SMILES string of the molecule is C[C@H]1CN(Cc2cccc(F)c2)c2ccccc2NC1=O. The van der Waals surface area contributed by atoms with Crippen LogP contribution in [-0.2, 0) is 11.3 Å². The number of rotatable bonds is 2. The van der Waals surface area contributed by atoms with Gasteiger partial charge in [-0.1, -0.05) is 31.2 Å². The first-order valence-electron chi connectivity index (χ1n) is 7.03. The summed E-state index contributed by atoms with van der Waals surface area (Å²) < 4.78 is 13.4. The van der Waals surface area contributed by atoms with Crippen LogP contribution in [0.1, 0.15) is 12.5 Å². The fourth-order valence-electron chi connectivity index (χ4n) is 2.63. The molecule has 0 bridgehead atoms. The van der Waals surface area contributed by atoms with Gasteiger partial charge in [-0.15, -0.1) is 0 Å². The van der Waals surface area contributed by atoms with Crippen LogP contribution in [-0.4, -0.2) is 12.5 Å². The first kappa shape index (κ1) is 13.6. The van der Waals surface area contributed by atoms with Crippen molar-refractivity contribution in [2.75, 3.05) is 16.8 Å². The molecule has 2 aromatic rings. The topological polar surface area (TPSA) is 32.3 Å². The minimum atomic E-state index is -0.238. The van der Waals surface area contributed by atoms with E-state index in [0.29, 0.717) is 13.1 Å². The van der Waals surface area contributed by atoms with Crippen molar-refractivity contribution in [3.8, 4) is 0 Å². The maximum absolute atomic E-state index is 13.4. The van der Waals surface area contributed by atoms with E-state index in [1.165, 1.54) is 12.1 Å². The Hall–Kier alpha value is -2.36. The van der Waals surface area contributed by atoms with Gasteiger partial charge in [0.25, 0.3) is 0 Å². The first-order chi connectivity index (χ1) is 10.1. The molecule has 0 spiro atoms. The van der Waals surface area contributed by atoms with E-state index in [4.69, 9.17) is 0 Å². The highest BCUT2D eigenvalue weighted by Gasteiger charge is 2.24. The number of amides is 1. The molecule has 0 saturated heterocycles. The van der Waals surface area contributed by atoms with Gasteiger partial charge in [0, 0.05) is 13.1 Å². The third-order valence-corrected chi connectivity index (χ3v) is 3.71. The first-order valence-corrected chi connectivity index (χ1v) is 7.03. The number of carbonyl (C=O) groups excluding carboxylic acids is 1. The number of anilines is 2. The van der Waals surface area contributed by atoms with Gasteiger partial charge < -0.3 is 10.2 Å². The molecule has 2 aromatic carbocycles. The number of fused-ring (bicyclic) bond motifs is 1. The third kappa shape index (κ3) is 2.89. The Morgan fingerprint density at radius 1 is 1.24 bits per heavy atom. The van der Waals surface area contributed by atoms with Crippen LogP contribution >= 0.6 is 0 Å². The van der Waals surface area contributed by atoms with E-state index in [9.17, 15) is 9.18 Å². The summed E-state index contributed by atoms with van der Waals surface area (Å²) in [6, 6.07) is 14.3. The van der Waals surface area contributed by atoms with Crippen LogP contribution < -0.4 is 10.2 Å². The highest BCUT2D eigenvalue weighted by Crippen LogP contribution is 2.30. The minimum absolute atomic E-state index is 0.0178. The molecule has 21 heavy (non-hydrogen) atoms. The summed E-state index contributed by atoms with van der Waals surface area (Å²) in [6.45, 7) is 3.09. The summed E-state index contributed by atoms with van der Waals surface area (Å²) in [6.07, 6.45) is 0. The molecule has 3 nitrogen and oxygen atoms in total. The van der Waals surface area contributed by atoms with Gasteiger partial charge in [-0.2, -0.15) is 0 Å². The molecule has 4 heteroatoms. The molecule has 0 fully saturated rings. The van der Waals surface area contributed by atoms with Crippen LogP contribution in [0.2, 0.25) is 0 Å². The Bertz CT molecular complexity index is 671. The van der Waals surface area contributed by atoms with Crippen molar-refractivity contribution in [3.05, 3.63) is 59.9 Å². The molecular weight excluding hydrogens is 267 g/mol. The average molecular weight is 284 g/mol. The predicted octanol–water partition coefficient (Wildman–Crippen LogP) is 3.42. The molecule has 0 aromatic heterocycles.